The number of benzene rings is 1. The molecule has 0 fully saturated rings. The van der Waals surface area contributed by atoms with Gasteiger partial charge in [-0.3, -0.25) is 9.59 Å². The average molecular weight is 258 g/mol. The molecule has 0 bridgehead atoms. The van der Waals surface area contributed by atoms with Crippen LogP contribution in [-0.2, 0) is 0 Å². The largest absolute Gasteiger partial charge is 0.389 e. The molecule has 0 radical (unpaired) electrons. The first kappa shape index (κ1) is 13.0. The van der Waals surface area contributed by atoms with Crippen LogP contribution in [0.15, 0.2) is 47.4 Å². The molecule has 1 aromatic carbocycles. The number of rotatable bonds is 3. The first-order valence-electron chi connectivity index (χ1n) is 5.84. The number of aromatic amines is 1. The summed E-state index contributed by atoms with van der Waals surface area (Å²) in [5, 5.41) is 12.2. The van der Waals surface area contributed by atoms with E-state index in [-0.39, 0.29) is 17.0 Å². The second kappa shape index (κ2) is 5.49. The molecule has 1 atom stereocenters. The minimum Gasteiger partial charge on any atom is -0.389 e. The van der Waals surface area contributed by atoms with E-state index in [9.17, 15) is 14.7 Å². The van der Waals surface area contributed by atoms with Crippen molar-refractivity contribution in [1.82, 2.24) is 4.98 Å². The van der Waals surface area contributed by atoms with E-state index in [0.29, 0.717) is 11.3 Å². The van der Waals surface area contributed by atoms with Crippen molar-refractivity contribution in [1.29, 1.82) is 0 Å². The van der Waals surface area contributed by atoms with Gasteiger partial charge < -0.3 is 15.4 Å². The fourth-order valence-electron chi connectivity index (χ4n) is 1.67. The molecule has 3 N–H and O–H groups in total. The fraction of sp³-hybridized carbons (Fsp3) is 0.143. The Hall–Kier alpha value is -2.40. The molecule has 5 nitrogen and oxygen atoms in total. The van der Waals surface area contributed by atoms with Crippen LogP contribution in [0.5, 0.6) is 0 Å². The highest BCUT2D eigenvalue weighted by molar-refractivity contribution is 6.04. The SMILES string of the molecule is CC(O)c1cccc(NC(=O)c2cc[nH]c(=O)c2)c1. The van der Waals surface area contributed by atoms with Crippen molar-refractivity contribution in [3.8, 4) is 0 Å². The number of nitrogens with one attached hydrogen (secondary N) is 2. The zero-order valence-electron chi connectivity index (χ0n) is 10.4. The molecule has 0 saturated carbocycles. The first-order chi connectivity index (χ1) is 9.06. The highest BCUT2D eigenvalue weighted by Gasteiger charge is 2.07. The Balaban J connectivity index is 2.19. The lowest BCUT2D eigenvalue weighted by molar-refractivity contribution is 0.102. The van der Waals surface area contributed by atoms with Crippen LogP contribution < -0.4 is 10.9 Å². The van der Waals surface area contributed by atoms with Gasteiger partial charge in [0.25, 0.3) is 5.91 Å². The molecule has 1 aromatic heterocycles. The van der Waals surface area contributed by atoms with Crippen molar-refractivity contribution in [3.05, 3.63) is 64.1 Å². The lowest BCUT2D eigenvalue weighted by Crippen LogP contribution is -2.15. The molecule has 5 heteroatoms. The van der Waals surface area contributed by atoms with E-state index in [1.807, 2.05) is 0 Å². The molecule has 1 unspecified atom stereocenters. The van der Waals surface area contributed by atoms with Crippen LogP contribution in [0.1, 0.15) is 28.9 Å². The highest BCUT2D eigenvalue weighted by Crippen LogP contribution is 2.17. The molecule has 1 amide bonds. The maximum absolute atomic E-state index is 11.9. The van der Waals surface area contributed by atoms with E-state index in [2.05, 4.69) is 10.3 Å². The Morgan fingerprint density at radius 2 is 2.11 bits per heavy atom. The van der Waals surface area contributed by atoms with E-state index in [4.69, 9.17) is 0 Å². The Morgan fingerprint density at radius 1 is 1.32 bits per heavy atom. The normalized spacial score (nSPS) is 11.9. The van der Waals surface area contributed by atoms with Gasteiger partial charge in [-0.15, -0.1) is 0 Å². The van der Waals surface area contributed by atoms with Crippen molar-refractivity contribution >= 4 is 11.6 Å². The summed E-state index contributed by atoms with van der Waals surface area (Å²) in [6, 6.07) is 9.68. The second-order valence-electron chi connectivity index (χ2n) is 4.20. The lowest BCUT2D eigenvalue weighted by Gasteiger charge is -2.09. The van der Waals surface area contributed by atoms with Crippen LogP contribution in [0.25, 0.3) is 0 Å². The summed E-state index contributed by atoms with van der Waals surface area (Å²) in [6.45, 7) is 1.65. The summed E-state index contributed by atoms with van der Waals surface area (Å²) in [7, 11) is 0. The van der Waals surface area contributed by atoms with Crippen LogP contribution in [0.4, 0.5) is 5.69 Å². The van der Waals surface area contributed by atoms with Gasteiger partial charge in [-0.05, 0) is 30.7 Å². The quantitative estimate of drug-likeness (QED) is 0.783. The summed E-state index contributed by atoms with van der Waals surface area (Å²) in [5.74, 6) is -0.367. The summed E-state index contributed by atoms with van der Waals surface area (Å²) in [6.07, 6.45) is 0.820. The van der Waals surface area contributed by atoms with Gasteiger partial charge in [-0.25, -0.2) is 0 Å². The third-order valence-corrected chi connectivity index (χ3v) is 2.66. The van der Waals surface area contributed by atoms with Crippen LogP contribution in [0.2, 0.25) is 0 Å². The van der Waals surface area contributed by atoms with Gasteiger partial charge in [0.1, 0.15) is 0 Å². The van der Waals surface area contributed by atoms with E-state index in [1.165, 1.54) is 18.3 Å². The van der Waals surface area contributed by atoms with Crippen LogP contribution in [0, 0.1) is 0 Å². The summed E-state index contributed by atoms with van der Waals surface area (Å²) in [5.41, 5.74) is 1.24. The molecular formula is C14H14N2O3. The molecule has 2 aromatic rings. The Bertz CT molecular complexity index is 647. The maximum Gasteiger partial charge on any atom is 0.255 e. The molecule has 19 heavy (non-hydrogen) atoms. The van der Waals surface area contributed by atoms with E-state index >= 15 is 0 Å². The lowest BCUT2D eigenvalue weighted by atomic mass is 10.1. The minimum absolute atomic E-state index is 0.284. The average Bonchev–Trinajstić information content (AvgIpc) is 2.39. The minimum atomic E-state index is -0.601. The monoisotopic (exact) mass is 258 g/mol. The van der Waals surface area contributed by atoms with Gasteiger partial charge in [0.15, 0.2) is 0 Å². The first-order valence-corrected chi connectivity index (χ1v) is 5.84. The number of hydrogen-bond donors (Lipinski definition) is 3. The molecule has 2 rings (SSSR count). The predicted molar refractivity (Wildman–Crippen MR) is 72.1 cm³/mol. The number of amides is 1. The van der Waals surface area contributed by atoms with Gasteiger partial charge in [0, 0.05) is 23.5 Å². The molecule has 0 aliphatic heterocycles. The van der Waals surface area contributed by atoms with Gasteiger partial charge in [0.2, 0.25) is 5.56 Å². The molecule has 98 valence electrons. The second-order valence-corrected chi connectivity index (χ2v) is 4.20. The number of aliphatic hydroxyl groups excluding tert-OH is 1. The standard InChI is InChI=1S/C14H14N2O3/c1-9(17)10-3-2-4-12(7-10)16-14(19)11-5-6-15-13(18)8-11/h2-9,17H,1H3,(H,15,18)(H,16,19). The number of carbonyl (C=O) groups excluding carboxylic acids is 1. The number of hydrogen-bond acceptors (Lipinski definition) is 3. The molecule has 0 aliphatic carbocycles. The number of pyridine rings is 1. The van der Waals surface area contributed by atoms with Gasteiger partial charge in [0.05, 0.1) is 6.10 Å². The van der Waals surface area contributed by atoms with Crippen molar-refractivity contribution in [2.45, 2.75) is 13.0 Å². The number of H-pyrrole nitrogens is 1. The third-order valence-electron chi connectivity index (χ3n) is 2.66. The van der Waals surface area contributed by atoms with Gasteiger partial charge >= 0.3 is 0 Å². The molecule has 0 spiro atoms. The topological polar surface area (TPSA) is 82.2 Å². The predicted octanol–water partition coefficient (Wildman–Crippen LogP) is 1.68. The summed E-state index contributed by atoms with van der Waals surface area (Å²) >= 11 is 0. The number of aliphatic hydroxyl groups is 1. The maximum atomic E-state index is 11.9. The van der Waals surface area contributed by atoms with Gasteiger partial charge in [-0.1, -0.05) is 12.1 Å². The third kappa shape index (κ3) is 3.29. The van der Waals surface area contributed by atoms with Crippen LogP contribution >= 0.6 is 0 Å². The van der Waals surface area contributed by atoms with Crippen molar-refractivity contribution < 1.29 is 9.90 Å². The number of carbonyl (C=O) groups is 1. The Kier molecular flexibility index (Phi) is 3.77. The fourth-order valence-corrected chi connectivity index (χ4v) is 1.67. The molecule has 0 aliphatic rings. The van der Waals surface area contributed by atoms with Crippen molar-refractivity contribution in [2.24, 2.45) is 0 Å². The Morgan fingerprint density at radius 3 is 2.79 bits per heavy atom. The number of anilines is 1. The molecule has 1 heterocycles. The smallest absolute Gasteiger partial charge is 0.255 e. The summed E-state index contributed by atoms with van der Waals surface area (Å²) in [4.78, 5) is 25.5. The van der Waals surface area contributed by atoms with Crippen LogP contribution in [-0.4, -0.2) is 16.0 Å². The molecular weight excluding hydrogens is 244 g/mol. The van der Waals surface area contributed by atoms with E-state index < -0.39 is 6.10 Å². The van der Waals surface area contributed by atoms with E-state index in [1.54, 1.807) is 31.2 Å². The van der Waals surface area contributed by atoms with E-state index in [0.717, 1.165) is 0 Å². The number of aromatic nitrogens is 1. The molecule has 0 saturated heterocycles. The highest BCUT2D eigenvalue weighted by atomic mass is 16.3. The van der Waals surface area contributed by atoms with Crippen LogP contribution in [0.3, 0.4) is 0 Å². The zero-order chi connectivity index (χ0) is 13.8. The van der Waals surface area contributed by atoms with Gasteiger partial charge in [-0.2, -0.15) is 0 Å². The summed E-state index contributed by atoms with van der Waals surface area (Å²) < 4.78 is 0. The zero-order valence-corrected chi connectivity index (χ0v) is 10.4. The van der Waals surface area contributed by atoms with Crippen molar-refractivity contribution in [2.75, 3.05) is 5.32 Å². The Labute approximate surface area is 109 Å². The van der Waals surface area contributed by atoms with Crippen molar-refractivity contribution in [3.63, 3.8) is 0 Å².